The summed E-state index contributed by atoms with van der Waals surface area (Å²) in [5.74, 6) is 0.541. The third-order valence-corrected chi connectivity index (χ3v) is 4.64. The van der Waals surface area contributed by atoms with Crippen molar-refractivity contribution < 1.29 is 4.79 Å². The molecule has 0 atom stereocenters. The molecule has 4 rings (SSSR count). The monoisotopic (exact) mass is 340 g/mol. The molecule has 7 nitrogen and oxygen atoms in total. The summed E-state index contributed by atoms with van der Waals surface area (Å²) in [5.41, 5.74) is 2.46. The van der Waals surface area contributed by atoms with Gasteiger partial charge in [-0.25, -0.2) is 9.97 Å². The van der Waals surface area contributed by atoms with Crippen molar-refractivity contribution in [2.24, 2.45) is 0 Å². The Labute approximate surface area is 143 Å². The highest BCUT2D eigenvalue weighted by atomic mass is 32.1. The summed E-state index contributed by atoms with van der Waals surface area (Å²) < 4.78 is 8.41. The molecule has 3 heterocycles. The fraction of sp³-hybridized carbons (Fsp3) is 0.312. The zero-order chi connectivity index (χ0) is 16.4. The van der Waals surface area contributed by atoms with Crippen molar-refractivity contribution in [3.8, 4) is 0 Å². The number of carbonyl (C=O) groups is 1. The number of hydrogen-bond donors (Lipinski definition) is 1. The molecule has 122 valence electrons. The Kier molecular flexibility index (Phi) is 4.04. The standard InChI is InChI=1S/C16H16N6OS/c23-16(19-11-5-4-6-12-15(11)21-24-20-12)13-9-14(18-10-17-13)22-7-2-1-3-8-22/h4-6,9-10H,1-3,7-8H2,(H,19,23). The minimum atomic E-state index is -0.267. The first kappa shape index (κ1) is 14.9. The van der Waals surface area contributed by atoms with Gasteiger partial charge in [0.2, 0.25) is 0 Å². The maximum atomic E-state index is 12.5. The second-order valence-electron chi connectivity index (χ2n) is 5.70. The SMILES string of the molecule is O=C(Nc1cccc2nsnc12)c1cc(N2CCCCC2)ncn1. The highest BCUT2D eigenvalue weighted by Gasteiger charge is 2.16. The molecule has 8 heteroatoms. The number of nitrogens with one attached hydrogen (secondary N) is 1. The summed E-state index contributed by atoms with van der Waals surface area (Å²) in [6.07, 6.45) is 5.01. The first-order valence-electron chi connectivity index (χ1n) is 7.91. The Hall–Kier alpha value is -2.61. The second-order valence-corrected chi connectivity index (χ2v) is 6.23. The van der Waals surface area contributed by atoms with Crippen LogP contribution >= 0.6 is 11.7 Å². The lowest BCUT2D eigenvalue weighted by molar-refractivity contribution is 0.102. The number of piperidine rings is 1. The topological polar surface area (TPSA) is 83.9 Å². The van der Waals surface area contributed by atoms with Crippen molar-refractivity contribution >= 4 is 40.2 Å². The Morgan fingerprint density at radius 2 is 2.00 bits per heavy atom. The van der Waals surface area contributed by atoms with Crippen LogP contribution in [0.5, 0.6) is 0 Å². The van der Waals surface area contributed by atoms with E-state index in [0.717, 1.165) is 49.0 Å². The summed E-state index contributed by atoms with van der Waals surface area (Å²) in [6, 6.07) is 7.28. The molecule has 2 aromatic heterocycles. The molecule has 1 fully saturated rings. The van der Waals surface area contributed by atoms with E-state index in [0.29, 0.717) is 16.9 Å². The highest BCUT2D eigenvalue weighted by molar-refractivity contribution is 7.00. The maximum absolute atomic E-state index is 12.5. The summed E-state index contributed by atoms with van der Waals surface area (Å²) in [5, 5.41) is 2.87. The average Bonchev–Trinajstić information content (AvgIpc) is 3.12. The van der Waals surface area contributed by atoms with Gasteiger partial charge in [-0.1, -0.05) is 6.07 Å². The Bertz CT molecular complexity index is 874. The van der Waals surface area contributed by atoms with Crippen molar-refractivity contribution in [2.75, 3.05) is 23.3 Å². The van der Waals surface area contributed by atoms with E-state index in [1.807, 2.05) is 18.2 Å². The lowest BCUT2D eigenvalue weighted by atomic mass is 10.1. The van der Waals surface area contributed by atoms with E-state index < -0.39 is 0 Å². The largest absolute Gasteiger partial charge is 0.357 e. The van der Waals surface area contributed by atoms with Crippen molar-refractivity contribution in [3.05, 3.63) is 36.3 Å². The van der Waals surface area contributed by atoms with Crippen molar-refractivity contribution in [1.29, 1.82) is 0 Å². The van der Waals surface area contributed by atoms with Crippen molar-refractivity contribution in [2.45, 2.75) is 19.3 Å². The number of nitrogens with zero attached hydrogens (tertiary/aromatic N) is 5. The summed E-state index contributed by atoms with van der Waals surface area (Å²) in [6.45, 7) is 1.95. The zero-order valence-corrected chi connectivity index (χ0v) is 13.8. The number of benzene rings is 1. The predicted octanol–water partition coefficient (Wildman–Crippen LogP) is 2.72. The number of amides is 1. The molecule has 3 aromatic rings. The molecule has 0 radical (unpaired) electrons. The number of anilines is 2. The van der Waals surface area contributed by atoms with Crippen LogP contribution in [-0.4, -0.2) is 37.7 Å². The van der Waals surface area contributed by atoms with Crippen LogP contribution in [0, 0.1) is 0 Å². The fourth-order valence-corrected chi connectivity index (χ4v) is 3.41. The van der Waals surface area contributed by atoms with Gasteiger partial charge in [0.1, 0.15) is 28.9 Å². The van der Waals surface area contributed by atoms with Crippen LogP contribution < -0.4 is 10.2 Å². The molecule has 24 heavy (non-hydrogen) atoms. The molecule has 0 bridgehead atoms. The van der Waals surface area contributed by atoms with Gasteiger partial charge in [0, 0.05) is 19.2 Å². The van der Waals surface area contributed by atoms with Gasteiger partial charge in [-0.15, -0.1) is 0 Å². The van der Waals surface area contributed by atoms with E-state index in [1.165, 1.54) is 12.7 Å². The predicted molar refractivity (Wildman–Crippen MR) is 93.5 cm³/mol. The van der Waals surface area contributed by atoms with Gasteiger partial charge in [-0.3, -0.25) is 4.79 Å². The quantitative estimate of drug-likeness (QED) is 0.789. The Balaban J connectivity index is 1.57. The van der Waals surface area contributed by atoms with E-state index >= 15 is 0 Å². The van der Waals surface area contributed by atoms with E-state index in [4.69, 9.17) is 0 Å². The third-order valence-electron chi connectivity index (χ3n) is 4.10. The molecule has 1 amide bonds. The van der Waals surface area contributed by atoms with E-state index in [9.17, 15) is 4.79 Å². The average molecular weight is 340 g/mol. The Morgan fingerprint density at radius 1 is 1.12 bits per heavy atom. The molecule has 0 aliphatic carbocycles. The summed E-state index contributed by atoms with van der Waals surface area (Å²) >= 11 is 1.13. The van der Waals surface area contributed by atoms with Crippen LogP contribution in [0.15, 0.2) is 30.6 Å². The number of hydrogen-bond acceptors (Lipinski definition) is 7. The highest BCUT2D eigenvalue weighted by Crippen LogP contribution is 2.22. The van der Waals surface area contributed by atoms with Gasteiger partial charge < -0.3 is 10.2 Å². The van der Waals surface area contributed by atoms with Gasteiger partial charge in [0.05, 0.1) is 17.4 Å². The lowest BCUT2D eigenvalue weighted by Gasteiger charge is -2.27. The molecule has 1 aliphatic heterocycles. The third kappa shape index (κ3) is 2.92. The van der Waals surface area contributed by atoms with E-state index in [2.05, 4.69) is 28.9 Å². The zero-order valence-electron chi connectivity index (χ0n) is 13.0. The smallest absolute Gasteiger partial charge is 0.274 e. The van der Waals surface area contributed by atoms with Gasteiger partial charge >= 0.3 is 0 Å². The summed E-state index contributed by atoms with van der Waals surface area (Å²) in [7, 11) is 0. The van der Waals surface area contributed by atoms with E-state index in [-0.39, 0.29) is 5.91 Å². The molecular formula is C16H16N6OS. The minimum absolute atomic E-state index is 0.267. The molecular weight excluding hydrogens is 324 g/mol. The number of rotatable bonds is 3. The van der Waals surface area contributed by atoms with Gasteiger partial charge in [0.25, 0.3) is 5.91 Å². The molecule has 1 aromatic carbocycles. The maximum Gasteiger partial charge on any atom is 0.274 e. The van der Waals surface area contributed by atoms with Crippen LogP contribution in [0.4, 0.5) is 11.5 Å². The lowest BCUT2D eigenvalue weighted by Crippen LogP contribution is -2.30. The number of fused-ring (bicyclic) bond motifs is 1. The van der Waals surface area contributed by atoms with E-state index in [1.54, 1.807) is 6.07 Å². The molecule has 1 N–H and O–H groups in total. The van der Waals surface area contributed by atoms with Crippen LogP contribution in [0.3, 0.4) is 0 Å². The van der Waals surface area contributed by atoms with Crippen LogP contribution in [0.1, 0.15) is 29.8 Å². The van der Waals surface area contributed by atoms with Gasteiger partial charge in [-0.05, 0) is 31.4 Å². The van der Waals surface area contributed by atoms with Crippen LogP contribution in [0.2, 0.25) is 0 Å². The van der Waals surface area contributed by atoms with Crippen molar-refractivity contribution in [3.63, 3.8) is 0 Å². The second kappa shape index (κ2) is 6.48. The Morgan fingerprint density at radius 3 is 2.88 bits per heavy atom. The van der Waals surface area contributed by atoms with Crippen molar-refractivity contribution in [1.82, 2.24) is 18.7 Å². The van der Waals surface area contributed by atoms with Gasteiger partial charge in [-0.2, -0.15) is 8.75 Å². The fourth-order valence-electron chi connectivity index (χ4n) is 2.86. The van der Waals surface area contributed by atoms with Gasteiger partial charge in [0.15, 0.2) is 0 Å². The first-order valence-corrected chi connectivity index (χ1v) is 8.64. The molecule has 1 saturated heterocycles. The first-order chi connectivity index (χ1) is 11.8. The summed E-state index contributed by atoms with van der Waals surface area (Å²) in [4.78, 5) is 23.2. The number of aromatic nitrogens is 4. The van der Waals surface area contributed by atoms with Crippen LogP contribution in [0.25, 0.3) is 11.0 Å². The molecule has 0 unspecified atom stereocenters. The minimum Gasteiger partial charge on any atom is -0.357 e. The normalized spacial score (nSPS) is 14.8. The molecule has 1 aliphatic rings. The van der Waals surface area contributed by atoms with Crippen LogP contribution in [-0.2, 0) is 0 Å². The molecule has 0 spiro atoms. The molecule has 0 saturated carbocycles. The number of carbonyl (C=O) groups excluding carboxylic acids is 1.